The van der Waals surface area contributed by atoms with Crippen molar-refractivity contribution in [2.24, 2.45) is 0 Å². The van der Waals surface area contributed by atoms with Crippen LogP contribution in [0.25, 0.3) is 0 Å². The molecule has 1 aliphatic rings. The third kappa shape index (κ3) is 2.01. The molecule has 0 radical (unpaired) electrons. The van der Waals surface area contributed by atoms with Gasteiger partial charge in [0.25, 0.3) is 0 Å². The van der Waals surface area contributed by atoms with Crippen LogP contribution in [0.15, 0.2) is 23.3 Å². The third-order valence-corrected chi connectivity index (χ3v) is 3.42. The van der Waals surface area contributed by atoms with Crippen LogP contribution in [-0.2, 0) is 0 Å². The molecule has 0 aromatic carbocycles. The molecule has 0 saturated carbocycles. The first kappa shape index (κ1) is 8.63. The van der Waals surface area contributed by atoms with Gasteiger partial charge in [0.05, 0.1) is 4.87 Å². The molecule has 0 aliphatic heterocycles. The van der Waals surface area contributed by atoms with E-state index in [1.807, 2.05) is 18.2 Å². The molecular weight excluding hydrogens is 235 g/mol. The second-order valence-electron chi connectivity index (χ2n) is 2.29. The molecule has 0 fully saturated rings. The van der Waals surface area contributed by atoms with Crippen molar-refractivity contribution in [3.8, 4) is 0 Å². The molecule has 0 spiro atoms. The molecule has 0 N–H and O–H groups in total. The van der Waals surface area contributed by atoms with Crippen LogP contribution in [0.3, 0.4) is 0 Å². The highest BCUT2D eigenvalue weighted by atomic mass is 79.9. The van der Waals surface area contributed by atoms with E-state index in [1.165, 1.54) is 0 Å². The van der Waals surface area contributed by atoms with Gasteiger partial charge in [-0.3, -0.25) is 0 Å². The minimum absolute atomic E-state index is 0.252. The van der Waals surface area contributed by atoms with E-state index in [-0.39, 0.29) is 4.87 Å². The molecule has 0 heterocycles. The zero-order valence-corrected chi connectivity index (χ0v) is 8.38. The summed E-state index contributed by atoms with van der Waals surface area (Å²) in [6.07, 6.45) is 6.48. The van der Waals surface area contributed by atoms with E-state index in [0.29, 0.717) is 0 Å². The van der Waals surface area contributed by atoms with Crippen molar-refractivity contribution < 1.29 is 0 Å². The monoisotopic (exact) mass is 240 g/mol. The van der Waals surface area contributed by atoms with Gasteiger partial charge < -0.3 is 0 Å². The number of hydrogen-bond donors (Lipinski definition) is 0. The average molecular weight is 242 g/mol. The third-order valence-electron chi connectivity index (χ3n) is 1.40. The number of allylic oxidation sites excluding steroid dienone is 4. The van der Waals surface area contributed by atoms with E-state index >= 15 is 0 Å². The summed E-state index contributed by atoms with van der Waals surface area (Å²) < 4.78 is 0. The lowest BCUT2D eigenvalue weighted by Gasteiger charge is -2.21. The van der Waals surface area contributed by atoms with Crippen LogP contribution in [0.5, 0.6) is 0 Å². The first-order valence-corrected chi connectivity index (χ1v) is 4.84. The summed E-state index contributed by atoms with van der Waals surface area (Å²) in [6.45, 7) is 0. The number of rotatable bonds is 1. The molecule has 1 atom stereocenters. The predicted molar refractivity (Wildman–Crippen MR) is 50.1 cm³/mol. The van der Waals surface area contributed by atoms with Crippen LogP contribution in [0.1, 0.15) is 6.42 Å². The lowest BCUT2D eigenvalue weighted by Crippen LogP contribution is -2.20. The Bertz CT molecular complexity index is 186. The summed E-state index contributed by atoms with van der Waals surface area (Å²) in [6, 6.07) is 0. The Morgan fingerprint density at radius 2 is 2.40 bits per heavy atom. The minimum atomic E-state index is -0.252. The van der Waals surface area contributed by atoms with Gasteiger partial charge in [-0.2, -0.15) is 0 Å². The summed E-state index contributed by atoms with van der Waals surface area (Å²) in [5, 5.41) is 1.54. The molecule has 10 heavy (non-hydrogen) atoms. The van der Waals surface area contributed by atoms with Crippen molar-refractivity contribution in [3.05, 3.63) is 23.3 Å². The van der Waals surface area contributed by atoms with Crippen molar-refractivity contribution in [3.63, 3.8) is 0 Å². The molecule has 56 valence electrons. The van der Waals surface area contributed by atoms with E-state index in [9.17, 15) is 0 Å². The van der Waals surface area contributed by atoms with E-state index in [1.54, 1.807) is 0 Å². The molecule has 3 heteroatoms. The Morgan fingerprint density at radius 3 is 2.80 bits per heavy atom. The van der Waals surface area contributed by atoms with Gasteiger partial charge in [-0.1, -0.05) is 39.7 Å². The lowest BCUT2D eigenvalue weighted by molar-refractivity contribution is 0.799. The topological polar surface area (TPSA) is 0 Å². The van der Waals surface area contributed by atoms with Crippen molar-refractivity contribution in [2.45, 2.75) is 11.3 Å². The fourth-order valence-electron chi connectivity index (χ4n) is 0.731. The average Bonchev–Trinajstić information content (AvgIpc) is 1.96. The molecule has 0 amide bonds. The highest BCUT2D eigenvalue weighted by molar-refractivity contribution is 9.09. The molecule has 1 unspecified atom stereocenters. The summed E-state index contributed by atoms with van der Waals surface area (Å²) in [5.74, 6) is 0. The van der Waals surface area contributed by atoms with Gasteiger partial charge in [0.15, 0.2) is 0 Å². The van der Waals surface area contributed by atoms with Gasteiger partial charge in [-0.15, -0.1) is 11.6 Å². The van der Waals surface area contributed by atoms with Gasteiger partial charge in [0.2, 0.25) is 0 Å². The Labute approximate surface area is 79.0 Å². The van der Waals surface area contributed by atoms with Crippen molar-refractivity contribution in [1.82, 2.24) is 0 Å². The van der Waals surface area contributed by atoms with Crippen LogP contribution in [0.2, 0.25) is 0 Å². The maximum absolute atomic E-state index is 6.09. The molecule has 0 bridgehead atoms. The van der Waals surface area contributed by atoms with E-state index in [0.717, 1.165) is 16.8 Å². The first-order valence-electron chi connectivity index (χ1n) is 2.96. The first-order chi connectivity index (χ1) is 4.66. The van der Waals surface area contributed by atoms with Crippen LogP contribution < -0.4 is 0 Å². The second kappa shape index (κ2) is 3.29. The molecule has 1 rings (SSSR count). The molecular formula is C7H7BrCl2. The van der Waals surface area contributed by atoms with Gasteiger partial charge >= 0.3 is 0 Å². The van der Waals surface area contributed by atoms with Crippen LogP contribution >= 0.6 is 39.1 Å². The maximum atomic E-state index is 6.09. The minimum Gasteiger partial charge on any atom is -0.113 e. The molecule has 1 aliphatic carbocycles. The molecule has 0 nitrogen and oxygen atoms in total. The van der Waals surface area contributed by atoms with Crippen molar-refractivity contribution in [1.29, 1.82) is 0 Å². The smallest absolute Gasteiger partial charge is 0.0760 e. The zero-order valence-electron chi connectivity index (χ0n) is 5.28. The number of alkyl halides is 2. The van der Waals surface area contributed by atoms with E-state index in [2.05, 4.69) is 15.9 Å². The largest absolute Gasteiger partial charge is 0.113 e. The number of halogens is 3. The predicted octanol–water partition coefficient (Wildman–Crippen LogP) is 3.44. The van der Waals surface area contributed by atoms with E-state index < -0.39 is 0 Å². The van der Waals surface area contributed by atoms with Crippen molar-refractivity contribution in [2.75, 3.05) is 5.33 Å². The number of hydrogen-bond acceptors (Lipinski definition) is 0. The highest BCUT2D eigenvalue weighted by Crippen LogP contribution is 2.30. The van der Waals surface area contributed by atoms with Crippen LogP contribution in [0.4, 0.5) is 0 Å². The highest BCUT2D eigenvalue weighted by Gasteiger charge is 2.23. The SMILES string of the molecule is ClC1=CCC(Cl)(CBr)C=C1. The Balaban J connectivity index is 2.67. The quantitative estimate of drug-likeness (QED) is 0.617. The van der Waals surface area contributed by atoms with Gasteiger partial charge in [0.1, 0.15) is 0 Å². The molecule has 0 aromatic heterocycles. The summed E-state index contributed by atoms with van der Waals surface area (Å²) in [5.41, 5.74) is 0. The fourth-order valence-corrected chi connectivity index (χ4v) is 1.43. The zero-order chi connectivity index (χ0) is 7.61. The normalized spacial score (nSPS) is 32.1. The maximum Gasteiger partial charge on any atom is 0.0760 e. The summed E-state index contributed by atoms with van der Waals surface area (Å²) in [4.78, 5) is -0.252. The Morgan fingerprint density at radius 1 is 1.70 bits per heavy atom. The van der Waals surface area contributed by atoms with Gasteiger partial charge in [-0.05, 0) is 12.5 Å². The Kier molecular flexibility index (Phi) is 2.84. The van der Waals surface area contributed by atoms with Gasteiger partial charge in [-0.25, -0.2) is 0 Å². The standard InChI is InChI=1S/C7H7BrCl2/c8-5-7(10)3-1-6(9)2-4-7/h1-3H,4-5H2. The van der Waals surface area contributed by atoms with Gasteiger partial charge in [0, 0.05) is 10.4 Å². The Hall–Kier alpha value is 0.540. The summed E-state index contributed by atoms with van der Waals surface area (Å²) in [7, 11) is 0. The lowest BCUT2D eigenvalue weighted by atomic mass is 10.0. The van der Waals surface area contributed by atoms with E-state index in [4.69, 9.17) is 23.2 Å². The van der Waals surface area contributed by atoms with Crippen LogP contribution in [0, 0.1) is 0 Å². The summed E-state index contributed by atoms with van der Waals surface area (Å²) >= 11 is 15.1. The second-order valence-corrected chi connectivity index (χ2v) is 4.04. The molecule has 0 saturated heterocycles. The fraction of sp³-hybridized carbons (Fsp3) is 0.429. The molecule has 0 aromatic rings. The van der Waals surface area contributed by atoms with Crippen LogP contribution in [-0.4, -0.2) is 10.2 Å². The van der Waals surface area contributed by atoms with Crippen molar-refractivity contribution >= 4 is 39.1 Å².